The molecule has 242 valence electrons. The highest BCUT2D eigenvalue weighted by Gasteiger charge is 2.69. The maximum absolute atomic E-state index is 13.7. The summed E-state index contributed by atoms with van der Waals surface area (Å²) in [5.74, 6) is -3.75. The van der Waals surface area contributed by atoms with Crippen molar-refractivity contribution in [1.82, 2.24) is 0 Å². The number of esters is 2. The standard InChI is InChI=1S/C37H46O8/c1-34-16-17-37(42-18-19-43-37)21-25(34)20-27(44-32(38)23-10-6-4-7-11-23)30-26-14-15-29(36(3,40)41)35(26,2)22-28(31(30)34)45-33(39)24-12-8-5-9-13-24/h4-13,25-31,40-41H,14-22H2,1-3H3/t25?,26?,27-,28-,29?,30?,31?,34+,35+/m1/s1. The largest absolute Gasteiger partial charge is 0.458 e. The summed E-state index contributed by atoms with van der Waals surface area (Å²) < 4.78 is 25.5. The summed E-state index contributed by atoms with van der Waals surface area (Å²) >= 11 is 0. The van der Waals surface area contributed by atoms with E-state index in [1.165, 1.54) is 6.92 Å². The number of rotatable bonds is 5. The van der Waals surface area contributed by atoms with Gasteiger partial charge in [0.15, 0.2) is 11.6 Å². The monoisotopic (exact) mass is 618 g/mol. The van der Waals surface area contributed by atoms with Gasteiger partial charge in [0.1, 0.15) is 12.2 Å². The molecule has 1 heterocycles. The molecule has 2 aromatic carbocycles. The average molecular weight is 619 g/mol. The highest BCUT2D eigenvalue weighted by Crippen LogP contribution is 2.70. The first-order valence-corrected chi connectivity index (χ1v) is 16.7. The fourth-order valence-electron chi connectivity index (χ4n) is 10.7. The van der Waals surface area contributed by atoms with E-state index in [1.54, 1.807) is 24.3 Å². The van der Waals surface area contributed by atoms with E-state index in [9.17, 15) is 19.8 Å². The van der Waals surface area contributed by atoms with E-state index in [1.807, 2.05) is 36.4 Å². The van der Waals surface area contributed by atoms with Crippen LogP contribution in [0.4, 0.5) is 0 Å². The van der Waals surface area contributed by atoms with Gasteiger partial charge in [0, 0.05) is 30.6 Å². The number of ether oxygens (including phenoxy) is 4. The molecule has 0 amide bonds. The lowest BCUT2D eigenvalue weighted by Crippen LogP contribution is -2.65. The summed E-state index contributed by atoms with van der Waals surface area (Å²) in [7, 11) is 0. The van der Waals surface area contributed by atoms with E-state index < -0.39 is 35.1 Å². The van der Waals surface area contributed by atoms with Crippen molar-refractivity contribution < 1.29 is 38.7 Å². The van der Waals surface area contributed by atoms with E-state index in [4.69, 9.17) is 18.9 Å². The molecule has 4 saturated carbocycles. The van der Waals surface area contributed by atoms with E-state index >= 15 is 0 Å². The second kappa shape index (κ2) is 11.2. The highest BCUT2D eigenvalue weighted by atomic mass is 16.7. The van der Waals surface area contributed by atoms with Crippen LogP contribution in [0.5, 0.6) is 0 Å². The van der Waals surface area contributed by atoms with E-state index in [0.29, 0.717) is 50.0 Å². The molecule has 4 aliphatic carbocycles. The minimum atomic E-state index is -1.89. The van der Waals surface area contributed by atoms with E-state index in [2.05, 4.69) is 13.8 Å². The zero-order chi connectivity index (χ0) is 31.6. The molecule has 8 heteroatoms. The Kier molecular flexibility index (Phi) is 7.67. The molecule has 1 aliphatic heterocycles. The van der Waals surface area contributed by atoms with Crippen molar-refractivity contribution in [2.24, 2.45) is 40.4 Å². The lowest BCUT2D eigenvalue weighted by Gasteiger charge is -2.65. The van der Waals surface area contributed by atoms with Gasteiger partial charge >= 0.3 is 11.9 Å². The zero-order valence-corrected chi connectivity index (χ0v) is 26.5. The van der Waals surface area contributed by atoms with Gasteiger partial charge in [-0.2, -0.15) is 0 Å². The van der Waals surface area contributed by atoms with Gasteiger partial charge in [0.25, 0.3) is 0 Å². The van der Waals surface area contributed by atoms with Crippen molar-refractivity contribution in [3.8, 4) is 0 Å². The summed E-state index contributed by atoms with van der Waals surface area (Å²) in [6, 6.07) is 18.1. The number of hydrogen-bond donors (Lipinski definition) is 2. The van der Waals surface area contributed by atoms with Crippen molar-refractivity contribution in [2.45, 2.75) is 89.5 Å². The van der Waals surface area contributed by atoms with Crippen molar-refractivity contribution >= 4 is 11.9 Å². The van der Waals surface area contributed by atoms with Gasteiger partial charge < -0.3 is 29.2 Å². The molecule has 1 spiro atoms. The third-order valence-corrected chi connectivity index (χ3v) is 12.6. The minimum Gasteiger partial charge on any atom is -0.458 e. The Morgan fingerprint density at radius 3 is 1.96 bits per heavy atom. The molecule has 0 aromatic heterocycles. The molecule has 2 N–H and O–H groups in total. The van der Waals surface area contributed by atoms with Crippen molar-refractivity contribution in [1.29, 1.82) is 0 Å². The summed E-state index contributed by atoms with van der Waals surface area (Å²) in [4.78, 5) is 27.4. The Hall–Kier alpha value is -2.78. The lowest BCUT2D eigenvalue weighted by atomic mass is 9.42. The molecule has 0 radical (unpaired) electrons. The number of carbonyl (C=O) groups excluding carboxylic acids is 2. The van der Waals surface area contributed by atoms with Gasteiger partial charge in [-0.15, -0.1) is 0 Å². The van der Waals surface area contributed by atoms with Crippen LogP contribution in [0.3, 0.4) is 0 Å². The third-order valence-electron chi connectivity index (χ3n) is 12.6. The van der Waals surface area contributed by atoms with Crippen molar-refractivity contribution in [2.75, 3.05) is 13.2 Å². The Labute approximate surface area is 265 Å². The van der Waals surface area contributed by atoms with Gasteiger partial charge in [-0.3, -0.25) is 0 Å². The molecule has 5 unspecified atom stereocenters. The molecule has 5 fully saturated rings. The van der Waals surface area contributed by atoms with Crippen LogP contribution in [0, 0.1) is 40.4 Å². The van der Waals surface area contributed by atoms with E-state index in [0.717, 1.165) is 19.3 Å². The van der Waals surface area contributed by atoms with Crippen LogP contribution in [0.1, 0.15) is 86.4 Å². The van der Waals surface area contributed by atoms with Crippen LogP contribution in [-0.2, 0) is 18.9 Å². The smallest absolute Gasteiger partial charge is 0.338 e. The van der Waals surface area contributed by atoms with Crippen LogP contribution in [-0.4, -0.2) is 59.1 Å². The molecule has 7 rings (SSSR count). The quantitative estimate of drug-likeness (QED) is 0.322. The number of carbonyl (C=O) groups is 2. The van der Waals surface area contributed by atoms with Crippen LogP contribution < -0.4 is 0 Å². The second-order valence-corrected chi connectivity index (χ2v) is 15.0. The summed E-state index contributed by atoms with van der Waals surface area (Å²) in [5, 5.41) is 22.0. The maximum Gasteiger partial charge on any atom is 0.338 e. The molecule has 5 aliphatic rings. The zero-order valence-electron chi connectivity index (χ0n) is 26.5. The number of benzene rings is 2. The molecule has 9 atom stereocenters. The summed E-state index contributed by atoms with van der Waals surface area (Å²) in [6.45, 7) is 7.06. The number of fused-ring (bicyclic) bond motifs is 5. The predicted molar refractivity (Wildman–Crippen MR) is 165 cm³/mol. The Morgan fingerprint density at radius 2 is 1.38 bits per heavy atom. The van der Waals surface area contributed by atoms with Gasteiger partial charge in [-0.1, -0.05) is 50.2 Å². The first kappa shape index (κ1) is 30.9. The Balaban J connectivity index is 1.32. The second-order valence-electron chi connectivity index (χ2n) is 15.0. The summed E-state index contributed by atoms with van der Waals surface area (Å²) in [6.07, 6.45) is 3.93. The van der Waals surface area contributed by atoms with Crippen LogP contribution >= 0.6 is 0 Å². The van der Waals surface area contributed by atoms with Crippen LogP contribution in [0.25, 0.3) is 0 Å². The molecule has 8 nitrogen and oxygen atoms in total. The fourth-order valence-corrected chi connectivity index (χ4v) is 10.7. The van der Waals surface area contributed by atoms with Crippen LogP contribution in [0.15, 0.2) is 60.7 Å². The van der Waals surface area contributed by atoms with Gasteiger partial charge in [0.05, 0.1) is 24.3 Å². The van der Waals surface area contributed by atoms with Crippen molar-refractivity contribution in [3.63, 3.8) is 0 Å². The van der Waals surface area contributed by atoms with Gasteiger partial charge in [-0.25, -0.2) is 9.59 Å². The molecule has 0 bridgehead atoms. The normalized spacial score (nSPS) is 38.6. The molecule has 1 saturated heterocycles. The van der Waals surface area contributed by atoms with Gasteiger partial charge in [0.2, 0.25) is 0 Å². The molecular formula is C37H46O8. The number of aliphatic hydroxyl groups is 2. The number of hydrogen-bond acceptors (Lipinski definition) is 8. The van der Waals surface area contributed by atoms with E-state index in [-0.39, 0.29) is 41.0 Å². The topological polar surface area (TPSA) is 112 Å². The van der Waals surface area contributed by atoms with Gasteiger partial charge in [-0.05, 0) is 86.0 Å². The Bertz CT molecular complexity index is 1400. The first-order chi connectivity index (χ1) is 21.4. The SMILES string of the molecule is CC(O)(O)C1CCC2C3C([C@H](OC(=O)c4ccccc4)C[C@@]21C)[C@@]1(C)CCC2(CC1C[C@H]3OC(=O)c1ccccc1)OCCO2. The fraction of sp³-hybridized carbons (Fsp3) is 0.622. The Morgan fingerprint density at radius 1 is 0.800 bits per heavy atom. The third kappa shape index (κ3) is 5.22. The molecule has 45 heavy (non-hydrogen) atoms. The highest BCUT2D eigenvalue weighted by molar-refractivity contribution is 5.90. The lowest BCUT2D eigenvalue weighted by molar-refractivity contribution is -0.268. The first-order valence-electron chi connectivity index (χ1n) is 16.7. The van der Waals surface area contributed by atoms with Crippen LogP contribution in [0.2, 0.25) is 0 Å². The maximum atomic E-state index is 13.7. The average Bonchev–Trinajstić information content (AvgIpc) is 3.62. The molecule has 2 aromatic rings. The summed E-state index contributed by atoms with van der Waals surface area (Å²) in [5.41, 5.74) is 0.204. The minimum absolute atomic E-state index is 0.0546. The predicted octanol–water partition coefficient (Wildman–Crippen LogP) is 5.76. The molecular weight excluding hydrogens is 572 g/mol. The van der Waals surface area contributed by atoms with Crippen molar-refractivity contribution in [3.05, 3.63) is 71.8 Å².